The average Bonchev–Trinajstić information content (AvgIpc) is 2.17. The summed E-state index contributed by atoms with van der Waals surface area (Å²) < 4.78 is 0. The highest BCUT2D eigenvalue weighted by atomic mass is 16.2. The molecule has 2 amide bonds. The van der Waals surface area contributed by atoms with E-state index in [-0.39, 0.29) is 11.8 Å². The average molecular weight is 154 g/mol. The fourth-order valence-electron chi connectivity index (χ4n) is 0.979. The van der Waals surface area contributed by atoms with E-state index < -0.39 is 0 Å². The van der Waals surface area contributed by atoms with Crippen LogP contribution in [0.5, 0.6) is 0 Å². The van der Waals surface area contributed by atoms with Crippen LogP contribution in [0.2, 0.25) is 0 Å². The van der Waals surface area contributed by atoms with Gasteiger partial charge in [-0.1, -0.05) is 0 Å². The third kappa shape index (κ3) is 1.30. The van der Waals surface area contributed by atoms with Gasteiger partial charge in [-0.25, -0.2) is 0 Å². The molecular weight excluding hydrogens is 144 g/mol. The molecule has 1 heterocycles. The largest absolute Gasteiger partial charge is 0.329 e. The zero-order valence-corrected chi connectivity index (χ0v) is 6.33. The third-order valence-electron chi connectivity index (χ3n) is 1.54. The van der Waals surface area contributed by atoms with Gasteiger partial charge >= 0.3 is 0 Å². The van der Waals surface area contributed by atoms with Crippen molar-refractivity contribution in [1.29, 1.82) is 0 Å². The Bertz CT molecular complexity index is 233. The van der Waals surface area contributed by atoms with Crippen LogP contribution in [0.1, 0.15) is 6.92 Å². The first-order valence-corrected chi connectivity index (χ1v) is 3.41. The Kier molecular flexibility index (Phi) is 2.05. The summed E-state index contributed by atoms with van der Waals surface area (Å²) in [4.78, 5) is 23.2. The lowest BCUT2D eigenvalue weighted by Crippen LogP contribution is -2.35. The van der Waals surface area contributed by atoms with E-state index >= 15 is 0 Å². The van der Waals surface area contributed by atoms with Crippen molar-refractivity contribution in [2.75, 3.05) is 13.1 Å². The maximum Gasteiger partial charge on any atom is 0.256 e. The fourth-order valence-corrected chi connectivity index (χ4v) is 0.979. The van der Waals surface area contributed by atoms with Crippen LogP contribution in [0.3, 0.4) is 0 Å². The molecule has 0 saturated heterocycles. The van der Waals surface area contributed by atoms with Crippen LogP contribution in [-0.2, 0) is 9.59 Å². The zero-order chi connectivity index (χ0) is 8.43. The summed E-state index contributed by atoms with van der Waals surface area (Å²) in [6, 6.07) is 0. The maximum atomic E-state index is 11.1. The van der Waals surface area contributed by atoms with Crippen LogP contribution < -0.4 is 5.73 Å². The van der Waals surface area contributed by atoms with E-state index in [1.165, 1.54) is 6.08 Å². The molecule has 0 unspecified atom stereocenters. The summed E-state index contributed by atoms with van der Waals surface area (Å²) in [7, 11) is 0. The molecular formula is C7H10N2O2. The summed E-state index contributed by atoms with van der Waals surface area (Å²) in [5.74, 6) is -0.474. The van der Waals surface area contributed by atoms with Crippen molar-refractivity contribution in [2.24, 2.45) is 5.73 Å². The Morgan fingerprint density at radius 2 is 2.18 bits per heavy atom. The van der Waals surface area contributed by atoms with E-state index in [1.807, 2.05) is 0 Å². The predicted octanol–water partition coefficient (Wildman–Crippen LogP) is -0.740. The molecule has 2 N–H and O–H groups in total. The second kappa shape index (κ2) is 2.84. The summed E-state index contributed by atoms with van der Waals surface area (Å²) in [5, 5.41) is 0. The van der Waals surface area contributed by atoms with Crippen LogP contribution in [0.4, 0.5) is 0 Å². The van der Waals surface area contributed by atoms with Gasteiger partial charge in [-0.05, 0) is 6.92 Å². The Labute approximate surface area is 64.7 Å². The lowest BCUT2D eigenvalue weighted by Gasteiger charge is -2.11. The van der Waals surface area contributed by atoms with Crippen LogP contribution in [-0.4, -0.2) is 29.8 Å². The quantitative estimate of drug-likeness (QED) is 0.533. The SMILES string of the molecule is CC1=CC(=O)N(CCN)C1=O. The topological polar surface area (TPSA) is 63.4 Å². The molecule has 0 bridgehead atoms. The van der Waals surface area contributed by atoms with Crippen molar-refractivity contribution in [1.82, 2.24) is 4.90 Å². The summed E-state index contributed by atoms with van der Waals surface area (Å²) in [6.45, 7) is 2.25. The second-order valence-electron chi connectivity index (χ2n) is 2.41. The monoisotopic (exact) mass is 154 g/mol. The minimum Gasteiger partial charge on any atom is -0.329 e. The first-order valence-electron chi connectivity index (χ1n) is 3.41. The minimum atomic E-state index is -0.252. The molecule has 60 valence electrons. The minimum absolute atomic E-state index is 0.222. The van der Waals surface area contributed by atoms with Crippen LogP contribution >= 0.6 is 0 Å². The molecule has 4 nitrogen and oxygen atoms in total. The maximum absolute atomic E-state index is 11.1. The van der Waals surface area contributed by atoms with E-state index in [1.54, 1.807) is 6.92 Å². The number of nitrogens with two attached hydrogens (primary N) is 1. The zero-order valence-electron chi connectivity index (χ0n) is 6.33. The van der Waals surface area contributed by atoms with Crippen molar-refractivity contribution in [3.05, 3.63) is 11.6 Å². The molecule has 4 heteroatoms. The molecule has 11 heavy (non-hydrogen) atoms. The Balaban J connectivity index is 2.73. The summed E-state index contributed by atoms with van der Waals surface area (Å²) in [6.07, 6.45) is 1.33. The molecule has 1 aliphatic heterocycles. The smallest absolute Gasteiger partial charge is 0.256 e. The molecule has 0 aromatic heterocycles. The van der Waals surface area contributed by atoms with Crippen molar-refractivity contribution < 1.29 is 9.59 Å². The highest BCUT2D eigenvalue weighted by molar-refractivity contribution is 6.15. The Morgan fingerprint density at radius 3 is 2.55 bits per heavy atom. The van der Waals surface area contributed by atoms with Gasteiger partial charge in [0.1, 0.15) is 0 Å². The molecule has 1 aliphatic rings. The molecule has 0 radical (unpaired) electrons. The number of hydrogen-bond donors (Lipinski definition) is 1. The van der Waals surface area contributed by atoms with Crippen molar-refractivity contribution >= 4 is 11.8 Å². The third-order valence-corrected chi connectivity index (χ3v) is 1.54. The van der Waals surface area contributed by atoms with Crippen LogP contribution in [0.15, 0.2) is 11.6 Å². The number of imide groups is 1. The normalized spacial score (nSPS) is 17.6. The molecule has 0 aromatic rings. The molecule has 1 rings (SSSR count). The van der Waals surface area contributed by atoms with E-state index in [0.29, 0.717) is 18.7 Å². The molecule has 0 saturated carbocycles. The van der Waals surface area contributed by atoms with E-state index in [4.69, 9.17) is 5.73 Å². The summed E-state index contributed by atoms with van der Waals surface area (Å²) in [5.41, 5.74) is 5.70. The fraction of sp³-hybridized carbons (Fsp3) is 0.429. The molecule has 0 atom stereocenters. The first-order chi connectivity index (χ1) is 5.16. The van der Waals surface area contributed by atoms with Crippen LogP contribution in [0.25, 0.3) is 0 Å². The number of nitrogens with zero attached hydrogens (tertiary/aromatic N) is 1. The summed E-state index contributed by atoms with van der Waals surface area (Å²) >= 11 is 0. The van der Waals surface area contributed by atoms with Crippen molar-refractivity contribution in [2.45, 2.75) is 6.92 Å². The first kappa shape index (κ1) is 7.94. The van der Waals surface area contributed by atoms with E-state index in [0.717, 1.165) is 4.90 Å². The lowest BCUT2D eigenvalue weighted by molar-refractivity contribution is -0.137. The Hall–Kier alpha value is -1.16. The van der Waals surface area contributed by atoms with E-state index in [2.05, 4.69) is 0 Å². The van der Waals surface area contributed by atoms with Gasteiger partial charge < -0.3 is 5.73 Å². The molecule has 0 spiro atoms. The van der Waals surface area contributed by atoms with Gasteiger partial charge in [0.15, 0.2) is 0 Å². The number of carbonyl (C=O) groups excluding carboxylic acids is 2. The van der Waals surface area contributed by atoms with Gasteiger partial charge in [0.2, 0.25) is 0 Å². The molecule has 0 aliphatic carbocycles. The highest BCUT2D eigenvalue weighted by Crippen LogP contribution is 2.10. The standard InChI is InChI=1S/C7H10N2O2/c1-5-4-6(10)9(3-2-8)7(5)11/h4H,2-3,8H2,1H3. The number of amides is 2. The second-order valence-corrected chi connectivity index (χ2v) is 2.41. The van der Waals surface area contributed by atoms with Gasteiger partial charge in [-0.3, -0.25) is 14.5 Å². The number of carbonyl (C=O) groups is 2. The highest BCUT2D eigenvalue weighted by Gasteiger charge is 2.26. The molecule has 0 aromatic carbocycles. The number of rotatable bonds is 2. The predicted molar refractivity (Wildman–Crippen MR) is 39.5 cm³/mol. The number of hydrogen-bond acceptors (Lipinski definition) is 3. The van der Waals surface area contributed by atoms with E-state index in [9.17, 15) is 9.59 Å². The van der Waals surface area contributed by atoms with Gasteiger partial charge in [0, 0.05) is 24.7 Å². The van der Waals surface area contributed by atoms with Gasteiger partial charge in [-0.15, -0.1) is 0 Å². The molecule has 0 fully saturated rings. The Morgan fingerprint density at radius 1 is 1.55 bits per heavy atom. The van der Waals surface area contributed by atoms with Gasteiger partial charge in [-0.2, -0.15) is 0 Å². The van der Waals surface area contributed by atoms with Crippen molar-refractivity contribution in [3.63, 3.8) is 0 Å². The van der Waals surface area contributed by atoms with Gasteiger partial charge in [0.05, 0.1) is 0 Å². The van der Waals surface area contributed by atoms with Gasteiger partial charge in [0.25, 0.3) is 11.8 Å². The van der Waals surface area contributed by atoms with Crippen LogP contribution in [0, 0.1) is 0 Å². The van der Waals surface area contributed by atoms with Crippen molar-refractivity contribution in [3.8, 4) is 0 Å². The lowest BCUT2D eigenvalue weighted by atomic mass is 10.3.